The van der Waals surface area contributed by atoms with Crippen LogP contribution in [0.5, 0.6) is 0 Å². The molecule has 0 heterocycles. The molecule has 3 heteroatoms. The lowest BCUT2D eigenvalue weighted by Gasteiger charge is -2.19. The van der Waals surface area contributed by atoms with Crippen LogP contribution in [-0.2, 0) is 4.29 Å². The van der Waals surface area contributed by atoms with Crippen molar-refractivity contribution in [2.24, 2.45) is 0 Å². The Labute approximate surface area is 61.7 Å². The van der Waals surface area contributed by atoms with E-state index in [1.165, 1.54) is 0 Å². The first kappa shape index (κ1) is 9.21. The fourth-order valence-electron chi connectivity index (χ4n) is 0.465. The highest BCUT2D eigenvalue weighted by atomic mass is 35.5. The molecule has 0 radical (unpaired) electrons. The highest BCUT2D eigenvalue weighted by Gasteiger charge is 2.06. The van der Waals surface area contributed by atoms with Gasteiger partial charge in [0.2, 0.25) is 0 Å². The summed E-state index contributed by atoms with van der Waals surface area (Å²) in [5.41, 5.74) is 0.162. The van der Waals surface area contributed by atoms with Crippen LogP contribution in [0.1, 0.15) is 20.8 Å². The average Bonchev–Trinajstić information content (AvgIpc) is 1.63. The molecule has 0 saturated heterocycles. The molecule has 0 saturated carbocycles. The Morgan fingerprint density at radius 1 is 1.44 bits per heavy atom. The van der Waals surface area contributed by atoms with Crippen LogP contribution in [-0.4, -0.2) is 18.7 Å². The Bertz CT molecular complexity index is 69.9. The predicted molar refractivity (Wildman–Crippen MR) is 39.6 cm³/mol. The molecule has 0 fully saturated rings. The summed E-state index contributed by atoms with van der Waals surface area (Å²) >= 11 is 4.99. The summed E-state index contributed by atoms with van der Waals surface area (Å²) < 4.78 is 4.35. The Kier molecular flexibility index (Phi) is 4.19. The summed E-state index contributed by atoms with van der Waals surface area (Å²) in [6.07, 6.45) is 0. The summed E-state index contributed by atoms with van der Waals surface area (Å²) in [6, 6.07) is 0. The van der Waals surface area contributed by atoms with Crippen LogP contribution in [0.25, 0.3) is 0 Å². The molecule has 1 N–H and O–H groups in total. The molecule has 2 nitrogen and oxygen atoms in total. The van der Waals surface area contributed by atoms with Gasteiger partial charge in [-0.25, -0.2) is 0 Å². The second-order valence-electron chi connectivity index (χ2n) is 2.99. The maximum atomic E-state index is 4.99. The molecule has 0 aromatic rings. The SMILES string of the molecule is CC(C)(C)NCCOCl. The molecule has 0 aromatic carbocycles. The van der Waals surface area contributed by atoms with Crippen molar-refractivity contribution >= 4 is 11.9 Å². The van der Waals surface area contributed by atoms with Gasteiger partial charge in [0.1, 0.15) is 0 Å². The molecule has 0 atom stereocenters. The monoisotopic (exact) mass is 151 g/mol. The summed E-state index contributed by atoms with van der Waals surface area (Å²) in [6.45, 7) is 7.65. The van der Waals surface area contributed by atoms with Crippen molar-refractivity contribution in [3.8, 4) is 0 Å². The fourth-order valence-corrected chi connectivity index (χ4v) is 0.542. The molecule has 0 aliphatic rings. The van der Waals surface area contributed by atoms with E-state index in [0.717, 1.165) is 6.54 Å². The van der Waals surface area contributed by atoms with Crippen molar-refractivity contribution in [1.29, 1.82) is 0 Å². The van der Waals surface area contributed by atoms with Crippen molar-refractivity contribution in [1.82, 2.24) is 5.32 Å². The number of rotatable bonds is 3. The minimum Gasteiger partial charge on any atom is -0.310 e. The van der Waals surface area contributed by atoms with Crippen molar-refractivity contribution in [3.63, 3.8) is 0 Å². The Hall–Kier alpha value is 0.210. The van der Waals surface area contributed by atoms with Gasteiger partial charge in [-0.3, -0.25) is 4.29 Å². The number of hydrogen-bond acceptors (Lipinski definition) is 2. The van der Waals surface area contributed by atoms with Gasteiger partial charge < -0.3 is 5.32 Å². The molecule has 0 aliphatic carbocycles. The Morgan fingerprint density at radius 2 is 2.00 bits per heavy atom. The van der Waals surface area contributed by atoms with Gasteiger partial charge in [-0.05, 0) is 20.8 Å². The minimum absolute atomic E-state index is 0.162. The van der Waals surface area contributed by atoms with Crippen LogP contribution in [0.4, 0.5) is 0 Å². The van der Waals surface area contributed by atoms with Gasteiger partial charge >= 0.3 is 0 Å². The molecular weight excluding hydrogens is 138 g/mol. The zero-order valence-corrected chi connectivity index (χ0v) is 6.96. The summed E-state index contributed by atoms with van der Waals surface area (Å²) in [5, 5.41) is 3.21. The fraction of sp³-hybridized carbons (Fsp3) is 1.00. The molecule has 0 bridgehead atoms. The molecule has 0 amide bonds. The van der Waals surface area contributed by atoms with E-state index in [2.05, 4.69) is 30.4 Å². The maximum absolute atomic E-state index is 4.99. The van der Waals surface area contributed by atoms with Gasteiger partial charge in [0.25, 0.3) is 0 Å². The quantitative estimate of drug-likeness (QED) is 0.618. The first-order valence-electron chi connectivity index (χ1n) is 3.05. The van der Waals surface area contributed by atoms with Crippen LogP contribution < -0.4 is 5.32 Å². The minimum atomic E-state index is 0.162. The normalized spacial score (nSPS) is 12.0. The summed E-state index contributed by atoms with van der Waals surface area (Å²) in [4.78, 5) is 0. The standard InChI is InChI=1S/C6H14ClNO/c1-6(2,3)8-4-5-9-7/h8H,4-5H2,1-3H3. The van der Waals surface area contributed by atoms with Crippen LogP contribution in [0, 0.1) is 0 Å². The lowest BCUT2D eigenvalue weighted by Crippen LogP contribution is -2.37. The zero-order valence-electron chi connectivity index (χ0n) is 6.20. The molecular formula is C6H14ClNO. The Balaban J connectivity index is 3.07. The second kappa shape index (κ2) is 4.09. The number of nitrogens with one attached hydrogen (secondary N) is 1. The molecule has 0 aromatic heterocycles. The number of hydrogen-bond donors (Lipinski definition) is 1. The van der Waals surface area contributed by atoms with Gasteiger partial charge in [0, 0.05) is 12.1 Å². The van der Waals surface area contributed by atoms with Crippen molar-refractivity contribution in [2.75, 3.05) is 13.2 Å². The van der Waals surface area contributed by atoms with E-state index >= 15 is 0 Å². The van der Waals surface area contributed by atoms with Gasteiger partial charge in [-0.2, -0.15) is 0 Å². The predicted octanol–water partition coefficient (Wildman–Crippen LogP) is 1.54. The summed E-state index contributed by atoms with van der Waals surface area (Å²) in [7, 11) is 0. The average molecular weight is 152 g/mol. The first-order valence-corrected chi connectivity index (χ1v) is 3.36. The van der Waals surface area contributed by atoms with E-state index < -0.39 is 0 Å². The summed E-state index contributed by atoms with van der Waals surface area (Å²) in [5.74, 6) is 0. The number of halogens is 1. The van der Waals surface area contributed by atoms with Crippen molar-refractivity contribution in [2.45, 2.75) is 26.3 Å². The highest BCUT2D eigenvalue weighted by molar-refractivity contribution is 6.07. The van der Waals surface area contributed by atoms with Gasteiger partial charge in [0.05, 0.1) is 18.5 Å². The van der Waals surface area contributed by atoms with Gasteiger partial charge in [-0.1, -0.05) is 0 Å². The van der Waals surface area contributed by atoms with E-state index in [1.807, 2.05) is 0 Å². The molecule has 0 aliphatic heterocycles. The Morgan fingerprint density at radius 3 is 2.33 bits per heavy atom. The zero-order chi connectivity index (χ0) is 7.33. The molecule has 56 valence electrons. The topological polar surface area (TPSA) is 21.3 Å². The first-order chi connectivity index (χ1) is 4.06. The molecule has 9 heavy (non-hydrogen) atoms. The van der Waals surface area contributed by atoms with Crippen molar-refractivity contribution in [3.05, 3.63) is 0 Å². The maximum Gasteiger partial charge on any atom is 0.0807 e. The van der Waals surface area contributed by atoms with Gasteiger partial charge in [0.15, 0.2) is 0 Å². The van der Waals surface area contributed by atoms with E-state index in [-0.39, 0.29) is 5.54 Å². The van der Waals surface area contributed by atoms with Crippen LogP contribution in [0.3, 0.4) is 0 Å². The third-order valence-corrected chi connectivity index (χ3v) is 0.989. The molecule has 0 rings (SSSR count). The van der Waals surface area contributed by atoms with E-state index in [0.29, 0.717) is 6.61 Å². The van der Waals surface area contributed by atoms with E-state index in [1.54, 1.807) is 0 Å². The van der Waals surface area contributed by atoms with Gasteiger partial charge in [-0.15, -0.1) is 0 Å². The third kappa shape index (κ3) is 8.21. The third-order valence-electron chi connectivity index (χ3n) is 0.835. The van der Waals surface area contributed by atoms with E-state index in [9.17, 15) is 0 Å². The van der Waals surface area contributed by atoms with Crippen LogP contribution >= 0.6 is 11.9 Å². The lowest BCUT2D eigenvalue weighted by molar-refractivity contribution is 0.314. The second-order valence-corrected chi connectivity index (χ2v) is 3.21. The largest absolute Gasteiger partial charge is 0.310 e. The van der Waals surface area contributed by atoms with Crippen LogP contribution in [0.15, 0.2) is 0 Å². The van der Waals surface area contributed by atoms with E-state index in [4.69, 9.17) is 11.9 Å². The van der Waals surface area contributed by atoms with Crippen LogP contribution in [0.2, 0.25) is 0 Å². The van der Waals surface area contributed by atoms with Crippen molar-refractivity contribution < 1.29 is 4.29 Å². The molecule has 0 spiro atoms. The highest BCUT2D eigenvalue weighted by Crippen LogP contribution is 1.96. The molecule has 0 unspecified atom stereocenters. The smallest absolute Gasteiger partial charge is 0.0807 e. The lowest BCUT2D eigenvalue weighted by atomic mass is 10.1.